The number of para-hydroxylation sites is 1. The maximum atomic E-state index is 4.66. The topological polar surface area (TPSA) is 29.6 Å². The molecule has 0 saturated carbocycles. The van der Waals surface area contributed by atoms with Crippen LogP contribution in [0.3, 0.4) is 0 Å². The molecule has 1 aromatic heterocycles. The minimum Gasteiger partial charge on any atom is -0.283 e. The smallest absolute Gasteiger partial charge is 0.216 e. The summed E-state index contributed by atoms with van der Waals surface area (Å²) in [6.45, 7) is 0. The fraction of sp³-hybridized carbons (Fsp3) is 0. The number of thiazole rings is 1. The molecule has 5 rings (SSSR count). The molecule has 4 heteroatoms. The quantitative estimate of drug-likeness (QED) is 0.216. The third kappa shape index (κ3) is 4.22. The van der Waals surface area contributed by atoms with E-state index in [4.69, 9.17) is 0 Å². The van der Waals surface area contributed by atoms with Crippen LogP contribution in [-0.4, -0.2) is 10.8 Å². The number of nitrogens with zero attached hydrogens (tertiary/aromatic N) is 3. The van der Waals surface area contributed by atoms with Gasteiger partial charge in [-0.1, -0.05) is 121 Å². The Balaban J connectivity index is 1.77. The normalized spacial score (nSPS) is 11.8. The fourth-order valence-corrected chi connectivity index (χ4v) is 4.71. The molecule has 4 aromatic carbocycles. The van der Waals surface area contributed by atoms with E-state index in [0.29, 0.717) is 0 Å². The molecule has 0 fully saturated rings. The van der Waals surface area contributed by atoms with Gasteiger partial charge in [-0.3, -0.25) is 4.57 Å². The Morgan fingerprint density at radius 3 is 1.75 bits per heavy atom. The molecule has 1 heterocycles. The number of hydrogen-bond acceptors (Lipinski definition) is 3. The van der Waals surface area contributed by atoms with Crippen LogP contribution < -0.4 is 4.80 Å². The van der Waals surface area contributed by atoms with Crippen molar-refractivity contribution in [1.29, 1.82) is 0 Å². The molecule has 0 saturated heterocycles. The van der Waals surface area contributed by atoms with Gasteiger partial charge < -0.3 is 0 Å². The molecular formula is C28H21N3S. The standard InChI is InChI=1S/C28H21N3S/c1-5-13-22(14-6-1)21-29-30-28-31(25-19-11-4-12-20-25)26(23-15-7-2-8-16-23)27(32-28)24-17-9-3-10-18-24/h1-21H/b29-21+,30-28+. The second kappa shape index (κ2) is 9.41. The van der Waals surface area contributed by atoms with Gasteiger partial charge >= 0.3 is 0 Å². The maximum absolute atomic E-state index is 4.66. The van der Waals surface area contributed by atoms with Crippen LogP contribution in [0, 0.1) is 0 Å². The highest BCUT2D eigenvalue weighted by Crippen LogP contribution is 2.36. The van der Waals surface area contributed by atoms with Crippen LogP contribution in [-0.2, 0) is 0 Å². The lowest BCUT2D eigenvalue weighted by molar-refractivity contribution is 0.973. The van der Waals surface area contributed by atoms with E-state index in [1.54, 1.807) is 17.6 Å². The summed E-state index contributed by atoms with van der Waals surface area (Å²) in [5, 5.41) is 9.09. The first-order valence-corrected chi connectivity index (χ1v) is 11.3. The van der Waals surface area contributed by atoms with Crippen molar-refractivity contribution in [3.63, 3.8) is 0 Å². The summed E-state index contributed by atoms with van der Waals surface area (Å²) in [6, 6.07) is 41.3. The second-order valence-electron chi connectivity index (χ2n) is 7.22. The van der Waals surface area contributed by atoms with E-state index in [1.165, 1.54) is 0 Å². The molecule has 154 valence electrons. The Bertz CT molecular complexity index is 1390. The summed E-state index contributed by atoms with van der Waals surface area (Å²) in [5.41, 5.74) is 5.49. The third-order valence-electron chi connectivity index (χ3n) is 5.07. The predicted octanol–water partition coefficient (Wildman–Crippen LogP) is 6.81. The van der Waals surface area contributed by atoms with E-state index < -0.39 is 0 Å². The maximum Gasteiger partial charge on any atom is 0.216 e. The van der Waals surface area contributed by atoms with Crippen LogP contribution in [0.2, 0.25) is 0 Å². The zero-order chi connectivity index (χ0) is 21.6. The molecule has 0 N–H and O–H groups in total. The van der Waals surface area contributed by atoms with Crippen LogP contribution in [0.15, 0.2) is 132 Å². The SMILES string of the molecule is C(=N\N=c1\sc(-c2ccccc2)c(-c2ccccc2)n1-c1ccccc1)/c1ccccc1. The molecule has 0 bridgehead atoms. The summed E-state index contributed by atoms with van der Waals surface area (Å²) in [5.74, 6) is 0. The highest BCUT2D eigenvalue weighted by molar-refractivity contribution is 7.13. The van der Waals surface area contributed by atoms with Gasteiger partial charge in [0, 0.05) is 11.3 Å². The molecule has 5 aromatic rings. The lowest BCUT2D eigenvalue weighted by Crippen LogP contribution is -2.13. The minimum absolute atomic E-state index is 0.820. The van der Waals surface area contributed by atoms with Crippen LogP contribution in [0.1, 0.15) is 5.56 Å². The molecule has 0 aliphatic rings. The largest absolute Gasteiger partial charge is 0.283 e. The summed E-state index contributed by atoms with van der Waals surface area (Å²) in [7, 11) is 0. The Labute approximate surface area is 191 Å². The molecule has 0 aliphatic heterocycles. The first-order chi connectivity index (χ1) is 15.9. The van der Waals surface area contributed by atoms with Crippen molar-refractivity contribution in [2.45, 2.75) is 0 Å². The van der Waals surface area contributed by atoms with Gasteiger partial charge in [-0.05, 0) is 23.3 Å². The number of benzene rings is 4. The lowest BCUT2D eigenvalue weighted by atomic mass is 10.1. The van der Waals surface area contributed by atoms with Crippen molar-refractivity contribution in [1.82, 2.24) is 4.57 Å². The van der Waals surface area contributed by atoms with E-state index in [-0.39, 0.29) is 0 Å². The number of hydrogen-bond donors (Lipinski definition) is 0. The van der Waals surface area contributed by atoms with E-state index in [1.807, 2.05) is 60.7 Å². The highest BCUT2D eigenvalue weighted by Gasteiger charge is 2.18. The van der Waals surface area contributed by atoms with Crippen LogP contribution in [0.5, 0.6) is 0 Å². The average molecular weight is 432 g/mol. The molecular weight excluding hydrogens is 410 g/mol. The van der Waals surface area contributed by atoms with Gasteiger partial charge in [-0.25, -0.2) is 0 Å². The van der Waals surface area contributed by atoms with Crippen LogP contribution in [0.4, 0.5) is 0 Å². The van der Waals surface area contributed by atoms with Crippen molar-refractivity contribution in [3.05, 3.63) is 132 Å². The Kier molecular flexibility index (Phi) is 5.86. The summed E-state index contributed by atoms with van der Waals surface area (Å²) >= 11 is 1.65. The summed E-state index contributed by atoms with van der Waals surface area (Å²) < 4.78 is 2.20. The highest BCUT2D eigenvalue weighted by atomic mass is 32.1. The van der Waals surface area contributed by atoms with Crippen molar-refractivity contribution in [2.75, 3.05) is 0 Å². The second-order valence-corrected chi connectivity index (χ2v) is 8.20. The zero-order valence-corrected chi connectivity index (χ0v) is 18.2. The summed E-state index contributed by atoms with van der Waals surface area (Å²) in [6.07, 6.45) is 1.79. The molecule has 0 unspecified atom stereocenters. The van der Waals surface area contributed by atoms with Gasteiger partial charge in [0.15, 0.2) is 0 Å². The monoisotopic (exact) mass is 431 g/mol. The van der Waals surface area contributed by atoms with E-state index in [9.17, 15) is 0 Å². The van der Waals surface area contributed by atoms with E-state index in [2.05, 4.69) is 75.4 Å². The van der Waals surface area contributed by atoms with Crippen molar-refractivity contribution in [2.24, 2.45) is 10.2 Å². The van der Waals surface area contributed by atoms with Crippen molar-refractivity contribution < 1.29 is 0 Å². The van der Waals surface area contributed by atoms with Gasteiger partial charge in [-0.15, -0.1) is 5.10 Å². The third-order valence-corrected chi connectivity index (χ3v) is 6.15. The van der Waals surface area contributed by atoms with Gasteiger partial charge in [0.05, 0.1) is 16.8 Å². The van der Waals surface area contributed by atoms with Crippen molar-refractivity contribution in [3.8, 4) is 27.4 Å². The zero-order valence-electron chi connectivity index (χ0n) is 17.4. The fourth-order valence-electron chi connectivity index (χ4n) is 3.59. The van der Waals surface area contributed by atoms with Crippen LogP contribution >= 0.6 is 11.3 Å². The van der Waals surface area contributed by atoms with Gasteiger partial charge in [-0.2, -0.15) is 5.10 Å². The van der Waals surface area contributed by atoms with E-state index in [0.717, 1.165) is 37.8 Å². The Morgan fingerprint density at radius 1 is 0.594 bits per heavy atom. The molecule has 0 aliphatic carbocycles. The van der Waals surface area contributed by atoms with Crippen molar-refractivity contribution >= 4 is 17.6 Å². The number of rotatable bonds is 5. The van der Waals surface area contributed by atoms with Gasteiger partial charge in [0.2, 0.25) is 4.80 Å². The first-order valence-electron chi connectivity index (χ1n) is 10.4. The molecule has 0 spiro atoms. The molecule has 0 amide bonds. The van der Waals surface area contributed by atoms with Crippen LogP contribution in [0.25, 0.3) is 27.4 Å². The lowest BCUT2D eigenvalue weighted by Gasteiger charge is -2.11. The van der Waals surface area contributed by atoms with Gasteiger partial charge in [0.25, 0.3) is 0 Å². The molecule has 0 atom stereocenters. The minimum atomic E-state index is 0.820. The average Bonchev–Trinajstić information content (AvgIpc) is 3.26. The van der Waals surface area contributed by atoms with Gasteiger partial charge in [0.1, 0.15) is 0 Å². The number of aromatic nitrogens is 1. The molecule has 0 radical (unpaired) electrons. The Morgan fingerprint density at radius 2 is 1.12 bits per heavy atom. The first kappa shape index (κ1) is 19.9. The predicted molar refractivity (Wildman–Crippen MR) is 134 cm³/mol. The van der Waals surface area contributed by atoms with E-state index >= 15 is 0 Å². The molecule has 32 heavy (non-hydrogen) atoms. The molecule has 3 nitrogen and oxygen atoms in total. The Hall–Kier alpha value is -4.02. The summed E-state index contributed by atoms with van der Waals surface area (Å²) in [4.78, 5) is 1.98.